The lowest BCUT2D eigenvalue weighted by Crippen LogP contribution is -2.30. The van der Waals surface area contributed by atoms with Crippen molar-refractivity contribution in [3.05, 3.63) is 42.5 Å². The van der Waals surface area contributed by atoms with Crippen LogP contribution in [0.1, 0.15) is 16.8 Å². The molecule has 0 saturated carbocycles. The Morgan fingerprint density at radius 2 is 2.11 bits per heavy atom. The van der Waals surface area contributed by atoms with Crippen LogP contribution >= 0.6 is 0 Å². The van der Waals surface area contributed by atoms with E-state index < -0.39 is 0 Å². The van der Waals surface area contributed by atoms with E-state index in [1.807, 2.05) is 0 Å². The van der Waals surface area contributed by atoms with Gasteiger partial charge in [0.15, 0.2) is 0 Å². The van der Waals surface area contributed by atoms with Crippen molar-refractivity contribution in [1.82, 2.24) is 5.43 Å². The molecule has 1 atom stereocenters. The minimum atomic E-state index is -0.349. The van der Waals surface area contributed by atoms with E-state index in [0.29, 0.717) is 18.5 Å². The van der Waals surface area contributed by atoms with E-state index in [2.05, 4.69) is 12.0 Å². The molecule has 1 heterocycles. The Balaban J connectivity index is 2.17. The summed E-state index contributed by atoms with van der Waals surface area (Å²) in [4.78, 5) is 24.8. The zero-order chi connectivity index (χ0) is 13.1. The van der Waals surface area contributed by atoms with Crippen LogP contribution in [0, 0.1) is 5.92 Å². The maximum atomic E-state index is 11.8. The molecule has 0 radical (unpaired) electrons. The lowest BCUT2D eigenvalue weighted by atomic mass is 10.1. The third kappa shape index (κ3) is 2.26. The minimum Gasteiger partial charge on any atom is -0.312 e. The number of nitrogens with two attached hydrogens (primary N) is 1. The highest BCUT2D eigenvalue weighted by Crippen LogP contribution is 2.25. The fourth-order valence-corrected chi connectivity index (χ4v) is 2.02. The fraction of sp³-hybridized carbons (Fsp3) is 0.231. The predicted molar refractivity (Wildman–Crippen MR) is 68.8 cm³/mol. The smallest absolute Gasteiger partial charge is 0.265 e. The molecular formula is C13H15N3O2. The van der Waals surface area contributed by atoms with Gasteiger partial charge in [-0.25, -0.2) is 5.84 Å². The number of benzene rings is 1. The third-order valence-electron chi connectivity index (χ3n) is 3.06. The first-order chi connectivity index (χ1) is 8.65. The summed E-state index contributed by atoms with van der Waals surface area (Å²) < 4.78 is 0. The molecule has 0 aliphatic carbocycles. The number of rotatable bonds is 3. The molecule has 1 fully saturated rings. The summed E-state index contributed by atoms with van der Waals surface area (Å²) >= 11 is 0. The predicted octanol–water partition coefficient (Wildman–Crippen LogP) is 0.829. The van der Waals surface area contributed by atoms with Crippen LogP contribution in [0.5, 0.6) is 0 Å². The van der Waals surface area contributed by atoms with Crippen LogP contribution < -0.4 is 16.2 Å². The summed E-state index contributed by atoms with van der Waals surface area (Å²) in [5.41, 5.74) is 3.32. The zero-order valence-electron chi connectivity index (χ0n) is 9.93. The SMILES string of the molecule is C=CC1CC(=O)N(c2ccc(C(=O)NN)cc2)C1. The van der Waals surface area contributed by atoms with Gasteiger partial charge in [-0.15, -0.1) is 6.58 Å². The molecule has 18 heavy (non-hydrogen) atoms. The number of carbonyl (C=O) groups is 2. The number of anilines is 1. The number of hydrazine groups is 1. The maximum Gasteiger partial charge on any atom is 0.265 e. The van der Waals surface area contributed by atoms with Crippen molar-refractivity contribution in [1.29, 1.82) is 0 Å². The molecule has 0 spiro atoms. The first kappa shape index (κ1) is 12.3. The Bertz CT molecular complexity index is 482. The first-order valence-electron chi connectivity index (χ1n) is 5.69. The third-order valence-corrected chi connectivity index (χ3v) is 3.06. The van der Waals surface area contributed by atoms with Crippen molar-refractivity contribution in [2.45, 2.75) is 6.42 Å². The van der Waals surface area contributed by atoms with Gasteiger partial charge in [-0.1, -0.05) is 6.08 Å². The van der Waals surface area contributed by atoms with Crippen LogP contribution in [0.25, 0.3) is 0 Å². The van der Waals surface area contributed by atoms with Crippen LogP contribution in [-0.2, 0) is 4.79 Å². The van der Waals surface area contributed by atoms with E-state index in [0.717, 1.165) is 5.69 Å². The van der Waals surface area contributed by atoms with Crippen molar-refractivity contribution < 1.29 is 9.59 Å². The van der Waals surface area contributed by atoms with Crippen LogP contribution in [-0.4, -0.2) is 18.4 Å². The van der Waals surface area contributed by atoms with E-state index in [1.165, 1.54) is 0 Å². The molecule has 1 aromatic rings. The van der Waals surface area contributed by atoms with E-state index in [4.69, 9.17) is 5.84 Å². The summed E-state index contributed by atoms with van der Waals surface area (Å²) in [5.74, 6) is 4.98. The number of amides is 2. The number of carbonyl (C=O) groups excluding carboxylic acids is 2. The first-order valence-corrected chi connectivity index (χ1v) is 5.69. The van der Waals surface area contributed by atoms with Gasteiger partial charge in [0.2, 0.25) is 5.91 Å². The normalized spacial score (nSPS) is 18.8. The highest BCUT2D eigenvalue weighted by molar-refractivity contribution is 5.97. The highest BCUT2D eigenvalue weighted by atomic mass is 16.2. The number of nitrogen functional groups attached to an aromatic ring is 1. The van der Waals surface area contributed by atoms with Gasteiger partial charge in [0, 0.05) is 30.1 Å². The van der Waals surface area contributed by atoms with E-state index in [1.54, 1.807) is 35.2 Å². The van der Waals surface area contributed by atoms with Crippen LogP contribution in [0.2, 0.25) is 0 Å². The molecular weight excluding hydrogens is 230 g/mol. The minimum absolute atomic E-state index is 0.0796. The number of nitrogens with zero attached hydrogens (tertiary/aromatic N) is 1. The van der Waals surface area contributed by atoms with Gasteiger partial charge in [-0.2, -0.15) is 0 Å². The molecule has 2 rings (SSSR count). The lowest BCUT2D eigenvalue weighted by Gasteiger charge is -2.16. The highest BCUT2D eigenvalue weighted by Gasteiger charge is 2.28. The second-order valence-corrected chi connectivity index (χ2v) is 4.22. The van der Waals surface area contributed by atoms with Crippen molar-refractivity contribution in [2.24, 2.45) is 11.8 Å². The fourth-order valence-electron chi connectivity index (χ4n) is 2.02. The van der Waals surface area contributed by atoms with Gasteiger partial charge in [0.25, 0.3) is 5.91 Å². The molecule has 0 aromatic heterocycles. The van der Waals surface area contributed by atoms with Gasteiger partial charge in [0.05, 0.1) is 0 Å². The van der Waals surface area contributed by atoms with Gasteiger partial charge in [0.1, 0.15) is 0 Å². The van der Waals surface area contributed by atoms with E-state index >= 15 is 0 Å². The molecule has 2 amide bonds. The molecule has 1 aromatic carbocycles. The molecule has 5 heteroatoms. The van der Waals surface area contributed by atoms with Crippen molar-refractivity contribution in [3.63, 3.8) is 0 Å². The van der Waals surface area contributed by atoms with E-state index in [-0.39, 0.29) is 17.7 Å². The molecule has 0 bridgehead atoms. The topological polar surface area (TPSA) is 75.4 Å². The Labute approximate surface area is 105 Å². The Morgan fingerprint density at radius 3 is 2.61 bits per heavy atom. The summed E-state index contributed by atoms with van der Waals surface area (Å²) in [7, 11) is 0. The van der Waals surface area contributed by atoms with Crippen molar-refractivity contribution in [3.8, 4) is 0 Å². The second-order valence-electron chi connectivity index (χ2n) is 4.22. The number of hydrogen-bond acceptors (Lipinski definition) is 3. The van der Waals surface area contributed by atoms with E-state index in [9.17, 15) is 9.59 Å². The molecule has 1 saturated heterocycles. The average Bonchev–Trinajstić information content (AvgIpc) is 2.79. The van der Waals surface area contributed by atoms with Gasteiger partial charge in [-0.3, -0.25) is 15.0 Å². The van der Waals surface area contributed by atoms with Crippen LogP contribution in [0.4, 0.5) is 5.69 Å². The van der Waals surface area contributed by atoms with Gasteiger partial charge >= 0.3 is 0 Å². The number of hydrogen-bond donors (Lipinski definition) is 2. The van der Waals surface area contributed by atoms with Crippen LogP contribution in [0.15, 0.2) is 36.9 Å². The van der Waals surface area contributed by atoms with Crippen molar-refractivity contribution in [2.75, 3.05) is 11.4 Å². The molecule has 94 valence electrons. The summed E-state index contributed by atoms with van der Waals surface area (Å²) in [6, 6.07) is 6.78. The molecule has 5 nitrogen and oxygen atoms in total. The number of nitrogens with one attached hydrogen (secondary N) is 1. The van der Waals surface area contributed by atoms with Gasteiger partial charge < -0.3 is 4.90 Å². The second kappa shape index (κ2) is 5.01. The monoisotopic (exact) mass is 245 g/mol. The average molecular weight is 245 g/mol. The van der Waals surface area contributed by atoms with Crippen molar-refractivity contribution >= 4 is 17.5 Å². The Morgan fingerprint density at radius 1 is 1.44 bits per heavy atom. The summed E-state index contributed by atoms with van der Waals surface area (Å²) in [5, 5.41) is 0. The van der Waals surface area contributed by atoms with Crippen LogP contribution in [0.3, 0.4) is 0 Å². The molecule has 1 unspecified atom stereocenters. The molecule has 1 aliphatic rings. The quantitative estimate of drug-likeness (QED) is 0.358. The Kier molecular flexibility index (Phi) is 3.43. The molecule has 1 aliphatic heterocycles. The standard InChI is InChI=1S/C13H15N3O2/c1-2-9-7-12(17)16(8-9)11-5-3-10(4-6-11)13(18)15-14/h2-6,9H,1,7-8,14H2,(H,15,18). The zero-order valence-corrected chi connectivity index (χ0v) is 9.93. The summed E-state index contributed by atoms with van der Waals surface area (Å²) in [6.07, 6.45) is 2.29. The Hall–Kier alpha value is -2.14. The lowest BCUT2D eigenvalue weighted by molar-refractivity contribution is -0.117. The maximum absolute atomic E-state index is 11.8. The van der Waals surface area contributed by atoms with Gasteiger partial charge in [-0.05, 0) is 24.3 Å². The molecule has 3 N–H and O–H groups in total. The summed E-state index contributed by atoms with van der Waals surface area (Å²) in [6.45, 7) is 4.35. The largest absolute Gasteiger partial charge is 0.312 e.